The van der Waals surface area contributed by atoms with E-state index in [0.29, 0.717) is 0 Å². The first-order valence-electron chi connectivity index (χ1n) is 14.5. The van der Waals surface area contributed by atoms with Gasteiger partial charge >= 0.3 is 0 Å². The molecule has 0 fully saturated rings. The van der Waals surface area contributed by atoms with Crippen LogP contribution in [-0.2, 0) is 12.8 Å². The standard InChI is InChI=1S/C34H40S5/c1-5-7-9-11-15-25-26(16-12-10-8-6-2)34(30-22-24(4)32(38-30)28-18-14-20-36-28)39-33(25)29-21-23(3)31(37-29)27-17-13-19-35-27/h13-14,17-22H,5-12,15-16H2,1-4H3. The summed E-state index contributed by atoms with van der Waals surface area (Å²) in [6.07, 6.45) is 12.9. The zero-order valence-corrected chi connectivity index (χ0v) is 27.8. The smallest absolute Gasteiger partial charge is 0.0484 e. The van der Waals surface area contributed by atoms with Crippen molar-refractivity contribution < 1.29 is 0 Å². The van der Waals surface area contributed by atoms with E-state index < -0.39 is 0 Å². The summed E-state index contributed by atoms with van der Waals surface area (Å²) in [5, 5.41) is 4.41. The second-order valence-electron chi connectivity index (χ2n) is 10.5. The molecule has 0 amide bonds. The summed E-state index contributed by atoms with van der Waals surface area (Å²) in [5.74, 6) is 0. The fourth-order valence-corrected chi connectivity index (χ4v) is 11.2. The van der Waals surface area contributed by atoms with Gasteiger partial charge < -0.3 is 0 Å². The Bertz CT molecular complexity index is 1330. The zero-order chi connectivity index (χ0) is 27.2. The number of thiophene rings is 5. The number of unbranched alkanes of at least 4 members (excludes halogenated alkanes) is 6. The summed E-state index contributed by atoms with van der Waals surface area (Å²) in [7, 11) is 0. The van der Waals surface area contributed by atoms with E-state index in [0.717, 1.165) is 0 Å². The van der Waals surface area contributed by atoms with Gasteiger partial charge in [0.2, 0.25) is 0 Å². The lowest BCUT2D eigenvalue weighted by atomic mass is 9.96. The Labute approximate surface area is 255 Å². The summed E-state index contributed by atoms with van der Waals surface area (Å²) < 4.78 is 0. The van der Waals surface area contributed by atoms with Crippen LogP contribution in [0.5, 0.6) is 0 Å². The molecular formula is C34H40S5. The Morgan fingerprint density at radius 3 is 1.36 bits per heavy atom. The third-order valence-corrected chi connectivity index (χ3v) is 13.7. The fraction of sp³-hybridized carbons (Fsp3) is 0.412. The Morgan fingerprint density at radius 1 is 0.513 bits per heavy atom. The number of hydrogen-bond acceptors (Lipinski definition) is 5. The van der Waals surface area contributed by atoms with Gasteiger partial charge in [0.05, 0.1) is 0 Å². The molecule has 0 radical (unpaired) electrons. The molecule has 0 N–H and O–H groups in total. The van der Waals surface area contributed by atoms with Crippen molar-refractivity contribution in [3.05, 3.63) is 69.4 Å². The van der Waals surface area contributed by atoms with Crippen LogP contribution in [0.2, 0.25) is 0 Å². The van der Waals surface area contributed by atoms with Crippen LogP contribution in [0.1, 0.15) is 87.5 Å². The lowest BCUT2D eigenvalue weighted by molar-refractivity contribution is 0.653. The maximum Gasteiger partial charge on any atom is 0.0484 e. The molecule has 5 heteroatoms. The first kappa shape index (κ1) is 29.0. The molecule has 5 aromatic heterocycles. The minimum absolute atomic E-state index is 1.21. The monoisotopic (exact) mass is 608 g/mol. The molecule has 0 aliphatic carbocycles. The molecule has 0 aromatic carbocycles. The Kier molecular flexibility index (Phi) is 10.3. The summed E-state index contributed by atoms with van der Waals surface area (Å²) in [4.78, 5) is 11.7. The van der Waals surface area contributed by atoms with Gasteiger partial charge in [0, 0.05) is 39.0 Å². The van der Waals surface area contributed by atoms with E-state index in [4.69, 9.17) is 0 Å². The molecule has 5 heterocycles. The van der Waals surface area contributed by atoms with E-state index in [1.54, 1.807) is 20.9 Å². The first-order valence-corrected chi connectivity index (χ1v) is 18.7. The van der Waals surface area contributed by atoms with E-state index in [-0.39, 0.29) is 0 Å². The van der Waals surface area contributed by atoms with Crippen LogP contribution in [0.15, 0.2) is 47.2 Å². The van der Waals surface area contributed by atoms with E-state index >= 15 is 0 Å². The molecule has 0 saturated carbocycles. The molecule has 0 unspecified atom stereocenters. The molecule has 0 nitrogen and oxygen atoms in total. The second kappa shape index (κ2) is 13.9. The summed E-state index contributed by atoms with van der Waals surface area (Å²) in [6.45, 7) is 9.23. The minimum Gasteiger partial charge on any atom is -0.143 e. The quantitative estimate of drug-likeness (QED) is 0.110. The average molecular weight is 609 g/mol. The number of hydrogen-bond donors (Lipinski definition) is 0. The molecule has 0 saturated heterocycles. The SMILES string of the molecule is CCCCCCc1c(-c2cc(C)c(-c3cccs3)s2)sc(-c2cc(C)c(-c3cccs3)s2)c1CCCCCC. The highest BCUT2D eigenvalue weighted by Crippen LogP contribution is 2.51. The number of aryl methyl sites for hydroxylation is 2. The fourth-order valence-electron chi connectivity index (χ4n) is 5.38. The maximum atomic E-state index is 2.47. The zero-order valence-electron chi connectivity index (χ0n) is 23.7. The van der Waals surface area contributed by atoms with Crippen molar-refractivity contribution in [2.75, 3.05) is 0 Å². The predicted octanol–water partition coefficient (Wildman–Crippen LogP) is 13.5. The van der Waals surface area contributed by atoms with Gasteiger partial charge in [0.25, 0.3) is 0 Å². The maximum absolute atomic E-state index is 2.47. The molecule has 206 valence electrons. The molecule has 0 aliphatic heterocycles. The van der Waals surface area contributed by atoms with Crippen molar-refractivity contribution in [1.29, 1.82) is 0 Å². The molecule has 39 heavy (non-hydrogen) atoms. The minimum atomic E-state index is 1.21. The molecule has 0 atom stereocenters. The van der Waals surface area contributed by atoms with Gasteiger partial charge in [-0.2, -0.15) is 0 Å². The van der Waals surface area contributed by atoms with Crippen LogP contribution < -0.4 is 0 Å². The van der Waals surface area contributed by atoms with Gasteiger partial charge in [-0.25, -0.2) is 0 Å². The lowest BCUT2D eigenvalue weighted by Crippen LogP contribution is -1.95. The van der Waals surface area contributed by atoms with E-state index in [2.05, 4.69) is 86.2 Å². The highest BCUT2D eigenvalue weighted by atomic mass is 32.1. The van der Waals surface area contributed by atoms with Crippen LogP contribution >= 0.6 is 56.7 Å². The van der Waals surface area contributed by atoms with Gasteiger partial charge in [-0.3, -0.25) is 0 Å². The highest BCUT2D eigenvalue weighted by molar-refractivity contribution is 7.29. The van der Waals surface area contributed by atoms with E-state index in [1.807, 2.05) is 45.3 Å². The lowest BCUT2D eigenvalue weighted by Gasteiger charge is -2.09. The molecule has 0 spiro atoms. The normalized spacial score (nSPS) is 11.6. The van der Waals surface area contributed by atoms with Crippen LogP contribution in [0.25, 0.3) is 39.0 Å². The Balaban J connectivity index is 1.61. The Hall–Kier alpha value is -1.50. The number of rotatable bonds is 14. The van der Waals surface area contributed by atoms with Gasteiger partial charge in [-0.1, -0.05) is 64.5 Å². The van der Waals surface area contributed by atoms with Gasteiger partial charge in [0.15, 0.2) is 0 Å². The van der Waals surface area contributed by atoms with Crippen molar-refractivity contribution in [3.63, 3.8) is 0 Å². The topological polar surface area (TPSA) is 0 Å². The summed E-state index contributed by atoms with van der Waals surface area (Å²) in [6, 6.07) is 13.9. The molecular weight excluding hydrogens is 569 g/mol. The largest absolute Gasteiger partial charge is 0.143 e. The molecule has 0 bridgehead atoms. The van der Waals surface area contributed by atoms with Gasteiger partial charge in [0.1, 0.15) is 0 Å². The predicted molar refractivity (Wildman–Crippen MR) is 183 cm³/mol. The van der Waals surface area contributed by atoms with Crippen LogP contribution in [0, 0.1) is 13.8 Å². The van der Waals surface area contributed by atoms with E-state index in [9.17, 15) is 0 Å². The third kappa shape index (κ3) is 6.70. The molecule has 5 rings (SSSR count). The van der Waals surface area contributed by atoms with Crippen molar-refractivity contribution in [3.8, 4) is 39.0 Å². The van der Waals surface area contributed by atoms with Crippen molar-refractivity contribution in [2.24, 2.45) is 0 Å². The van der Waals surface area contributed by atoms with Gasteiger partial charge in [-0.15, -0.1) is 56.7 Å². The molecule has 5 aromatic rings. The Morgan fingerprint density at radius 2 is 0.974 bits per heavy atom. The average Bonchev–Trinajstić information content (AvgIpc) is 3.75. The van der Waals surface area contributed by atoms with Gasteiger partial charge in [-0.05, 0) is 96.8 Å². The first-order chi connectivity index (χ1) is 19.1. The third-order valence-electron chi connectivity index (χ3n) is 7.45. The molecule has 0 aliphatic rings. The van der Waals surface area contributed by atoms with Crippen molar-refractivity contribution in [2.45, 2.75) is 91.9 Å². The van der Waals surface area contributed by atoms with Crippen molar-refractivity contribution in [1.82, 2.24) is 0 Å². The second-order valence-corrected chi connectivity index (χ2v) is 15.6. The van der Waals surface area contributed by atoms with Crippen molar-refractivity contribution >= 4 is 56.7 Å². The summed E-state index contributed by atoms with van der Waals surface area (Å²) >= 11 is 9.83. The summed E-state index contributed by atoms with van der Waals surface area (Å²) in [5.41, 5.74) is 6.15. The van der Waals surface area contributed by atoms with Crippen LogP contribution in [0.3, 0.4) is 0 Å². The van der Waals surface area contributed by atoms with Crippen LogP contribution in [0.4, 0.5) is 0 Å². The highest BCUT2D eigenvalue weighted by Gasteiger charge is 2.24. The van der Waals surface area contributed by atoms with E-state index in [1.165, 1.54) is 105 Å². The van der Waals surface area contributed by atoms with Crippen LogP contribution in [-0.4, -0.2) is 0 Å².